The Kier molecular flexibility index (Phi) is 6.54. The van der Waals surface area contributed by atoms with Gasteiger partial charge < -0.3 is 15.0 Å². The van der Waals surface area contributed by atoms with Crippen LogP contribution >= 0.6 is 11.6 Å². The Labute approximate surface area is 170 Å². The van der Waals surface area contributed by atoms with Crippen molar-refractivity contribution in [1.82, 2.24) is 9.80 Å². The molecule has 28 heavy (non-hydrogen) atoms. The molecule has 1 heterocycles. The molecule has 0 bridgehead atoms. The fraction of sp³-hybridized carbons (Fsp3) is 0.333. The third-order valence-corrected chi connectivity index (χ3v) is 5.24. The first-order chi connectivity index (χ1) is 13.5. The Morgan fingerprint density at radius 3 is 2.43 bits per heavy atom. The lowest BCUT2D eigenvalue weighted by molar-refractivity contribution is -0.144. The number of ether oxygens (including phenoxy) is 1. The smallest absolute Gasteiger partial charge is 0.314 e. The van der Waals surface area contributed by atoms with Crippen LogP contribution in [0.3, 0.4) is 0 Å². The van der Waals surface area contributed by atoms with E-state index < -0.39 is 11.8 Å². The van der Waals surface area contributed by atoms with E-state index in [1.807, 2.05) is 25.1 Å². The van der Waals surface area contributed by atoms with E-state index in [0.29, 0.717) is 29.5 Å². The second kappa shape index (κ2) is 9.08. The number of rotatable bonds is 4. The highest BCUT2D eigenvalue weighted by Crippen LogP contribution is 2.31. The maximum Gasteiger partial charge on any atom is 0.314 e. The first kappa shape index (κ1) is 20.2. The predicted molar refractivity (Wildman–Crippen MR) is 110 cm³/mol. The van der Waals surface area contributed by atoms with Gasteiger partial charge >= 0.3 is 11.8 Å². The van der Waals surface area contributed by atoms with Crippen LogP contribution in [0, 0.1) is 6.92 Å². The number of amides is 2. The summed E-state index contributed by atoms with van der Waals surface area (Å²) in [5.74, 6) is -0.782. The Morgan fingerprint density at radius 1 is 1.11 bits per heavy atom. The quantitative estimate of drug-likeness (QED) is 0.800. The highest BCUT2D eigenvalue weighted by molar-refractivity contribution is 6.39. The number of benzene rings is 2. The standard InChI is InChI=1S/C21H24ClN3O3/c1-15-12-18(19(28-2)13-17(15)22)23-20(26)21(27)25-10-8-24(9-11-25)14-16-6-4-3-5-7-16/h3-7,12-13H,8-11,14H2,1-2H3,(H,23,26). The minimum atomic E-state index is -0.670. The van der Waals surface area contributed by atoms with Gasteiger partial charge in [-0.05, 0) is 24.1 Å². The SMILES string of the molecule is COc1cc(Cl)c(C)cc1NC(=O)C(=O)N1CCN(Cc2ccccc2)CC1. The normalized spacial score (nSPS) is 14.6. The number of methoxy groups -OCH3 is 1. The van der Waals surface area contributed by atoms with Crippen LogP contribution in [0.1, 0.15) is 11.1 Å². The lowest BCUT2D eigenvalue weighted by Gasteiger charge is -2.34. The fourth-order valence-corrected chi connectivity index (χ4v) is 3.35. The maximum atomic E-state index is 12.5. The largest absolute Gasteiger partial charge is 0.495 e. The van der Waals surface area contributed by atoms with Crippen LogP contribution in [0.4, 0.5) is 5.69 Å². The Bertz CT molecular complexity index is 849. The van der Waals surface area contributed by atoms with Crippen LogP contribution < -0.4 is 10.1 Å². The molecular weight excluding hydrogens is 378 g/mol. The number of halogens is 1. The molecule has 7 heteroatoms. The van der Waals surface area contributed by atoms with E-state index in [9.17, 15) is 9.59 Å². The molecule has 0 atom stereocenters. The molecule has 0 aromatic heterocycles. The number of carbonyl (C=O) groups excluding carboxylic acids is 2. The fourth-order valence-electron chi connectivity index (χ4n) is 3.20. The van der Waals surface area contributed by atoms with Crippen molar-refractivity contribution >= 4 is 29.1 Å². The first-order valence-electron chi connectivity index (χ1n) is 9.18. The van der Waals surface area contributed by atoms with Gasteiger partial charge in [-0.2, -0.15) is 0 Å². The summed E-state index contributed by atoms with van der Waals surface area (Å²) in [6.07, 6.45) is 0. The van der Waals surface area contributed by atoms with Crippen LogP contribution in [0.5, 0.6) is 5.75 Å². The zero-order valence-corrected chi connectivity index (χ0v) is 16.8. The molecular formula is C21H24ClN3O3. The van der Waals surface area contributed by atoms with Crippen molar-refractivity contribution < 1.29 is 14.3 Å². The van der Waals surface area contributed by atoms with Gasteiger partial charge in [0.25, 0.3) is 0 Å². The van der Waals surface area contributed by atoms with Gasteiger partial charge in [-0.25, -0.2) is 0 Å². The average Bonchev–Trinajstić information content (AvgIpc) is 2.71. The highest BCUT2D eigenvalue weighted by atomic mass is 35.5. The van der Waals surface area contributed by atoms with E-state index in [2.05, 4.69) is 22.3 Å². The lowest BCUT2D eigenvalue weighted by atomic mass is 10.2. The van der Waals surface area contributed by atoms with Crippen molar-refractivity contribution in [3.63, 3.8) is 0 Å². The van der Waals surface area contributed by atoms with E-state index in [-0.39, 0.29) is 0 Å². The molecule has 1 fully saturated rings. The van der Waals surface area contributed by atoms with E-state index in [1.54, 1.807) is 17.0 Å². The van der Waals surface area contributed by atoms with Gasteiger partial charge in [0.1, 0.15) is 5.75 Å². The second-order valence-electron chi connectivity index (χ2n) is 6.81. The number of anilines is 1. The summed E-state index contributed by atoms with van der Waals surface area (Å²) in [6, 6.07) is 13.5. The van der Waals surface area contributed by atoms with Crippen LogP contribution in [0.2, 0.25) is 5.02 Å². The molecule has 1 aliphatic rings. The molecule has 2 amide bonds. The highest BCUT2D eigenvalue weighted by Gasteiger charge is 2.26. The van der Waals surface area contributed by atoms with Gasteiger partial charge in [0.05, 0.1) is 12.8 Å². The molecule has 0 unspecified atom stereocenters. The molecule has 148 valence electrons. The predicted octanol–water partition coefficient (Wildman–Crippen LogP) is 2.94. The first-order valence-corrected chi connectivity index (χ1v) is 9.56. The molecule has 2 aromatic rings. The molecule has 0 saturated carbocycles. The van der Waals surface area contributed by atoms with Crippen LogP contribution in [-0.4, -0.2) is 54.9 Å². The maximum absolute atomic E-state index is 12.5. The minimum absolute atomic E-state index is 0.421. The van der Waals surface area contributed by atoms with Gasteiger partial charge in [0.2, 0.25) is 0 Å². The van der Waals surface area contributed by atoms with Crippen molar-refractivity contribution in [1.29, 1.82) is 0 Å². The third-order valence-electron chi connectivity index (χ3n) is 4.83. The number of aryl methyl sites for hydroxylation is 1. The number of carbonyl (C=O) groups is 2. The lowest BCUT2D eigenvalue weighted by Crippen LogP contribution is -2.51. The number of hydrogen-bond acceptors (Lipinski definition) is 4. The van der Waals surface area contributed by atoms with Crippen molar-refractivity contribution in [2.75, 3.05) is 38.6 Å². The number of nitrogens with zero attached hydrogens (tertiary/aromatic N) is 2. The van der Waals surface area contributed by atoms with Crippen molar-refractivity contribution in [3.05, 3.63) is 58.6 Å². The van der Waals surface area contributed by atoms with E-state index in [1.165, 1.54) is 12.7 Å². The van der Waals surface area contributed by atoms with Crippen LogP contribution in [0.15, 0.2) is 42.5 Å². The molecule has 1 saturated heterocycles. The molecule has 1 N–H and O–H groups in total. The van der Waals surface area contributed by atoms with E-state index in [0.717, 1.165) is 25.2 Å². The number of hydrogen-bond donors (Lipinski definition) is 1. The van der Waals surface area contributed by atoms with Crippen molar-refractivity contribution in [2.45, 2.75) is 13.5 Å². The second-order valence-corrected chi connectivity index (χ2v) is 7.22. The summed E-state index contributed by atoms with van der Waals surface area (Å²) < 4.78 is 5.25. The molecule has 3 rings (SSSR count). The molecule has 1 aliphatic heterocycles. The van der Waals surface area contributed by atoms with Gasteiger partial charge in [-0.1, -0.05) is 41.9 Å². The van der Waals surface area contributed by atoms with E-state index in [4.69, 9.17) is 16.3 Å². The molecule has 0 aliphatic carbocycles. The summed E-state index contributed by atoms with van der Waals surface area (Å²) in [5.41, 5.74) is 2.47. The molecule has 2 aromatic carbocycles. The van der Waals surface area contributed by atoms with Gasteiger partial charge in [-0.3, -0.25) is 14.5 Å². The number of nitrogens with one attached hydrogen (secondary N) is 1. The summed E-state index contributed by atoms with van der Waals surface area (Å²) in [5, 5.41) is 3.19. The van der Waals surface area contributed by atoms with Crippen LogP contribution in [-0.2, 0) is 16.1 Å². The van der Waals surface area contributed by atoms with Crippen LogP contribution in [0.25, 0.3) is 0 Å². The Hall–Kier alpha value is -2.57. The van der Waals surface area contributed by atoms with Crippen molar-refractivity contribution in [3.8, 4) is 5.75 Å². The van der Waals surface area contributed by atoms with Gasteiger partial charge in [0, 0.05) is 43.8 Å². The molecule has 6 nitrogen and oxygen atoms in total. The topological polar surface area (TPSA) is 61.9 Å². The Morgan fingerprint density at radius 2 is 1.79 bits per heavy atom. The Balaban J connectivity index is 1.56. The average molecular weight is 402 g/mol. The van der Waals surface area contributed by atoms with Gasteiger partial charge in [-0.15, -0.1) is 0 Å². The number of piperazine rings is 1. The monoisotopic (exact) mass is 401 g/mol. The zero-order valence-electron chi connectivity index (χ0n) is 16.1. The molecule has 0 radical (unpaired) electrons. The summed E-state index contributed by atoms with van der Waals surface area (Å²) in [4.78, 5) is 28.9. The third kappa shape index (κ3) is 4.82. The zero-order chi connectivity index (χ0) is 20.1. The summed E-state index contributed by atoms with van der Waals surface area (Å²) in [7, 11) is 1.49. The van der Waals surface area contributed by atoms with Gasteiger partial charge in [0.15, 0.2) is 0 Å². The minimum Gasteiger partial charge on any atom is -0.495 e. The summed E-state index contributed by atoms with van der Waals surface area (Å²) in [6.45, 7) is 5.18. The molecule has 0 spiro atoms. The summed E-state index contributed by atoms with van der Waals surface area (Å²) >= 11 is 6.08. The van der Waals surface area contributed by atoms with Crippen molar-refractivity contribution in [2.24, 2.45) is 0 Å². The van der Waals surface area contributed by atoms with E-state index >= 15 is 0 Å².